The van der Waals surface area contributed by atoms with Crippen molar-refractivity contribution in [3.8, 4) is 16.9 Å². The third-order valence-corrected chi connectivity index (χ3v) is 11.3. The van der Waals surface area contributed by atoms with Crippen molar-refractivity contribution in [2.45, 2.75) is 31.2 Å². The highest BCUT2D eigenvalue weighted by Crippen LogP contribution is 2.44. The third kappa shape index (κ3) is 6.78. The van der Waals surface area contributed by atoms with Gasteiger partial charge in [-0.15, -0.1) is 0 Å². The minimum atomic E-state index is -2.88. The predicted molar refractivity (Wildman–Crippen MR) is 196 cm³/mol. The molecular weight excluding hydrogens is 729 g/mol. The molecule has 3 aromatic heterocycles. The number of halogens is 3. The zero-order chi connectivity index (χ0) is 35.2. The number of aromatic nitrogens is 6. The summed E-state index contributed by atoms with van der Waals surface area (Å²) < 4.78 is 53.0. The van der Waals surface area contributed by atoms with Crippen LogP contribution in [0.2, 0.25) is 0 Å². The van der Waals surface area contributed by atoms with Crippen molar-refractivity contribution in [2.24, 2.45) is 7.05 Å². The summed E-state index contributed by atoms with van der Waals surface area (Å²) in [6.45, 7) is 4.91. The number of benzene rings is 2. The molecule has 0 amide bonds. The van der Waals surface area contributed by atoms with Crippen LogP contribution < -0.4 is 25.6 Å². The maximum absolute atomic E-state index is 15.7. The SMILES string of the molecule is COc1cc(N2CCC(N3CCCC3)C(F)(F)C2)c(-c2cnn(C)c2)cc1Nc1ncc(Br)c(Nc2ccc3nccnc3c2P(C)(C)=O)n1. The van der Waals surface area contributed by atoms with Gasteiger partial charge in [-0.05, 0) is 79.8 Å². The number of anilines is 5. The van der Waals surface area contributed by atoms with Gasteiger partial charge in [-0.25, -0.2) is 13.8 Å². The van der Waals surface area contributed by atoms with Crippen molar-refractivity contribution in [1.29, 1.82) is 0 Å². The topological polar surface area (TPSA) is 126 Å². The lowest BCUT2D eigenvalue weighted by Crippen LogP contribution is -2.58. The highest BCUT2D eigenvalue weighted by Gasteiger charge is 2.48. The van der Waals surface area contributed by atoms with E-state index in [1.807, 2.05) is 36.3 Å². The van der Waals surface area contributed by atoms with Gasteiger partial charge in [0.25, 0.3) is 5.92 Å². The van der Waals surface area contributed by atoms with E-state index in [4.69, 9.17) is 9.72 Å². The van der Waals surface area contributed by atoms with Crippen LogP contribution in [0, 0.1) is 0 Å². The van der Waals surface area contributed by atoms with Crippen LogP contribution in [0.25, 0.3) is 22.2 Å². The maximum atomic E-state index is 15.7. The molecule has 12 nitrogen and oxygen atoms in total. The van der Waals surface area contributed by atoms with Crippen molar-refractivity contribution in [2.75, 3.05) is 62.2 Å². The van der Waals surface area contributed by atoms with E-state index >= 15 is 8.78 Å². The smallest absolute Gasteiger partial charge is 0.280 e. The van der Waals surface area contributed by atoms with E-state index in [1.165, 1.54) is 7.11 Å². The highest BCUT2D eigenvalue weighted by molar-refractivity contribution is 9.10. The van der Waals surface area contributed by atoms with E-state index in [2.05, 4.69) is 46.6 Å². The molecule has 262 valence electrons. The van der Waals surface area contributed by atoms with Crippen molar-refractivity contribution < 1.29 is 18.1 Å². The zero-order valence-corrected chi connectivity index (χ0v) is 30.7. The van der Waals surface area contributed by atoms with Crippen LogP contribution >= 0.6 is 23.1 Å². The summed E-state index contributed by atoms with van der Waals surface area (Å²) in [6.07, 6.45) is 10.6. The zero-order valence-electron chi connectivity index (χ0n) is 28.2. The molecule has 1 unspecified atom stereocenters. The van der Waals surface area contributed by atoms with Crippen LogP contribution in [0.15, 0.2) is 59.7 Å². The average molecular weight is 768 g/mol. The molecule has 2 fully saturated rings. The minimum absolute atomic E-state index is 0.246. The number of piperidine rings is 1. The first-order valence-corrected chi connectivity index (χ1v) is 19.7. The lowest BCUT2D eigenvalue weighted by atomic mass is 9.96. The number of nitrogens with zero attached hydrogens (tertiary/aromatic N) is 8. The van der Waals surface area contributed by atoms with Crippen LogP contribution in [0.1, 0.15) is 19.3 Å². The molecule has 0 saturated carbocycles. The van der Waals surface area contributed by atoms with E-state index in [-0.39, 0.29) is 5.95 Å². The summed E-state index contributed by atoms with van der Waals surface area (Å²) in [5.41, 5.74) is 4.44. The first-order valence-electron chi connectivity index (χ1n) is 16.3. The van der Waals surface area contributed by atoms with Crippen molar-refractivity contribution in [1.82, 2.24) is 34.6 Å². The molecule has 2 N–H and O–H groups in total. The van der Waals surface area contributed by atoms with Crippen LogP contribution in [0.5, 0.6) is 5.75 Å². The Morgan fingerprint density at radius 3 is 2.50 bits per heavy atom. The van der Waals surface area contributed by atoms with Crippen molar-refractivity contribution in [3.63, 3.8) is 0 Å². The number of fused-ring (bicyclic) bond motifs is 1. The van der Waals surface area contributed by atoms with E-state index < -0.39 is 25.7 Å². The van der Waals surface area contributed by atoms with Gasteiger partial charge in [0, 0.05) is 61.3 Å². The van der Waals surface area contributed by atoms with Crippen LogP contribution in [-0.2, 0) is 11.6 Å². The van der Waals surface area contributed by atoms with Gasteiger partial charge < -0.3 is 24.8 Å². The molecule has 2 aliphatic rings. The first-order chi connectivity index (χ1) is 23.9. The molecule has 7 rings (SSSR count). The molecule has 2 aromatic carbocycles. The Morgan fingerprint density at radius 1 is 1.02 bits per heavy atom. The molecule has 1 atom stereocenters. The number of hydrogen-bond acceptors (Lipinski definition) is 11. The second kappa shape index (κ2) is 13.5. The van der Waals surface area contributed by atoms with Gasteiger partial charge in [-0.2, -0.15) is 10.1 Å². The maximum Gasteiger partial charge on any atom is 0.280 e. The molecule has 2 saturated heterocycles. The lowest BCUT2D eigenvalue weighted by molar-refractivity contribution is -0.0822. The molecule has 0 spiro atoms. The standard InChI is InChI=1S/C34H38BrF2N10O2P/c1-45-19-21(17-41-45)22-15-26(28(49-2)16-27(22)47-14-9-29(34(36,37)20-47)46-12-5-6-13-46)43-33-40-18-23(35)32(44-33)42-25-8-7-24-30(39-11-10-38-24)31(25)50(3,4)48/h7-8,10-11,15-19,29H,5-6,9,12-14,20H2,1-4H3,(H2,40,42,43,44). The van der Waals surface area contributed by atoms with Crippen LogP contribution in [0.4, 0.5) is 37.6 Å². The Hall–Kier alpha value is -4.20. The monoisotopic (exact) mass is 766 g/mol. The number of methoxy groups -OCH3 is 1. The number of aryl methyl sites for hydroxylation is 1. The predicted octanol–water partition coefficient (Wildman–Crippen LogP) is 6.64. The van der Waals surface area contributed by atoms with Gasteiger partial charge in [0.2, 0.25) is 5.95 Å². The third-order valence-electron chi connectivity index (χ3n) is 9.21. The Balaban J connectivity index is 1.23. The van der Waals surface area contributed by atoms with Gasteiger partial charge in [-0.1, -0.05) is 0 Å². The Kier molecular flexibility index (Phi) is 9.25. The van der Waals surface area contributed by atoms with Crippen molar-refractivity contribution in [3.05, 3.63) is 59.7 Å². The number of alkyl halides is 2. The molecule has 16 heteroatoms. The Morgan fingerprint density at radius 2 is 1.80 bits per heavy atom. The fraction of sp³-hybridized carbons (Fsp3) is 0.382. The minimum Gasteiger partial charge on any atom is -0.494 e. The first kappa shape index (κ1) is 34.3. The van der Waals surface area contributed by atoms with E-state index in [0.717, 1.165) is 37.1 Å². The second-order valence-electron chi connectivity index (χ2n) is 13.1. The molecule has 0 bridgehead atoms. The molecular formula is C34H38BrF2N10O2P. The summed E-state index contributed by atoms with van der Waals surface area (Å²) in [7, 11) is 0.538. The molecule has 0 radical (unpaired) electrons. The van der Waals surface area contributed by atoms with Crippen molar-refractivity contribution >= 4 is 68.2 Å². The molecule has 50 heavy (non-hydrogen) atoms. The summed E-state index contributed by atoms with van der Waals surface area (Å²) in [5.74, 6) is -1.78. The van der Waals surface area contributed by atoms with Crippen LogP contribution in [0.3, 0.4) is 0 Å². The van der Waals surface area contributed by atoms with Gasteiger partial charge in [-0.3, -0.25) is 19.5 Å². The molecule has 0 aliphatic carbocycles. The fourth-order valence-corrected chi connectivity index (χ4v) is 8.64. The quantitative estimate of drug-likeness (QED) is 0.157. The van der Waals surface area contributed by atoms with E-state index in [0.29, 0.717) is 62.4 Å². The number of ether oxygens (including phenoxy) is 1. The summed E-state index contributed by atoms with van der Waals surface area (Å²) in [5, 5.41) is 11.5. The average Bonchev–Trinajstić information content (AvgIpc) is 3.77. The normalized spacial score (nSPS) is 18.1. The largest absolute Gasteiger partial charge is 0.494 e. The van der Waals surface area contributed by atoms with Gasteiger partial charge in [0.15, 0.2) is 0 Å². The molecule has 5 heterocycles. The summed E-state index contributed by atoms with van der Waals surface area (Å²) in [4.78, 5) is 21.8. The van der Waals surface area contributed by atoms with E-state index in [1.54, 1.807) is 53.8 Å². The second-order valence-corrected chi connectivity index (χ2v) is 17.1. The Labute approximate surface area is 297 Å². The number of rotatable bonds is 9. The Bertz CT molecular complexity index is 2100. The summed E-state index contributed by atoms with van der Waals surface area (Å²) in [6, 6.07) is 6.52. The summed E-state index contributed by atoms with van der Waals surface area (Å²) >= 11 is 3.54. The van der Waals surface area contributed by atoms with Gasteiger partial charge in [0.05, 0.1) is 52.6 Å². The number of likely N-dealkylation sites (tertiary alicyclic amines) is 1. The molecule has 2 aliphatic heterocycles. The van der Waals surface area contributed by atoms with Gasteiger partial charge in [0.1, 0.15) is 24.2 Å². The lowest BCUT2D eigenvalue weighted by Gasteiger charge is -2.43. The van der Waals surface area contributed by atoms with Gasteiger partial charge >= 0.3 is 0 Å². The van der Waals surface area contributed by atoms with E-state index in [9.17, 15) is 4.57 Å². The number of nitrogens with one attached hydrogen (secondary N) is 2. The van der Waals surface area contributed by atoms with Crippen LogP contribution in [-0.4, -0.2) is 93.2 Å². The molecule has 5 aromatic rings. The fourth-order valence-electron chi connectivity index (χ4n) is 6.96. The highest BCUT2D eigenvalue weighted by atomic mass is 79.9. The number of hydrogen-bond donors (Lipinski definition) is 2.